The Morgan fingerprint density at radius 1 is 1.07 bits per heavy atom. The van der Waals surface area contributed by atoms with Crippen LogP contribution in [0.25, 0.3) is 0 Å². The number of rotatable bonds is 4. The first-order valence-electron chi connectivity index (χ1n) is 10.8. The van der Waals surface area contributed by atoms with E-state index in [4.69, 9.17) is 0 Å². The van der Waals surface area contributed by atoms with Gasteiger partial charge in [-0.1, -0.05) is 51.0 Å². The highest BCUT2D eigenvalue weighted by atomic mass is 16.2. The number of benzene rings is 1. The minimum atomic E-state index is -0.266. The van der Waals surface area contributed by atoms with Crippen LogP contribution in [0.3, 0.4) is 0 Å². The third-order valence-corrected chi connectivity index (χ3v) is 6.94. The lowest BCUT2D eigenvalue weighted by molar-refractivity contribution is 0.0741. The van der Waals surface area contributed by atoms with Crippen molar-refractivity contribution in [1.29, 1.82) is 0 Å². The Hall–Kier alpha value is -2.43. The van der Waals surface area contributed by atoms with E-state index in [0.29, 0.717) is 36.7 Å². The summed E-state index contributed by atoms with van der Waals surface area (Å²) in [6.45, 7) is 7.49. The number of fused-ring (bicyclic) bond motifs is 1. The van der Waals surface area contributed by atoms with Crippen molar-refractivity contribution in [1.82, 2.24) is 14.5 Å². The molecule has 0 N–H and O–H groups in total. The molecule has 0 radical (unpaired) electrons. The van der Waals surface area contributed by atoms with Gasteiger partial charge in [-0.15, -0.1) is 0 Å². The topological polar surface area (TPSA) is 55.2 Å². The predicted molar refractivity (Wildman–Crippen MR) is 115 cm³/mol. The smallest absolute Gasteiger partial charge is 0.276 e. The summed E-state index contributed by atoms with van der Waals surface area (Å²) >= 11 is 0. The van der Waals surface area contributed by atoms with Crippen LogP contribution in [0.4, 0.5) is 0 Å². The second-order valence-corrected chi connectivity index (χ2v) is 9.13. The monoisotopic (exact) mass is 393 g/mol. The summed E-state index contributed by atoms with van der Waals surface area (Å²) in [6.07, 6.45) is 5.29. The van der Waals surface area contributed by atoms with Gasteiger partial charge in [-0.2, -0.15) is 4.98 Å². The number of carbonyl (C=O) groups is 1. The van der Waals surface area contributed by atoms with Crippen molar-refractivity contribution < 1.29 is 4.79 Å². The molecule has 0 unspecified atom stereocenters. The Kier molecular flexibility index (Phi) is 5.09. The third-order valence-electron chi connectivity index (χ3n) is 6.94. The molecule has 0 atom stereocenters. The first kappa shape index (κ1) is 19.9. The van der Waals surface area contributed by atoms with Gasteiger partial charge in [0.05, 0.1) is 0 Å². The second-order valence-electron chi connectivity index (χ2n) is 9.13. The molecule has 154 valence electrons. The molecular formula is C24H31N3O2. The fourth-order valence-electron chi connectivity index (χ4n) is 5.02. The van der Waals surface area contributed by atoms with Crippen LogP contribution in [0.15, 0.2) is 29.1 Å². The first-order valence-corrected chi connectivity index (χ1v) is 10.8. The minimum absolute atomic E-state index is 0.00260. The molecule has 2 aromatic rings. The average molecular weight is 394 g/mol. The number of amides is 1. The van der Waals surface area contributed by atoms with Crippen LogP contribution >= 0.6 is 0 Å². The van der Waals surface area contributed by atoms with Crippen molar-refractivity contribution in [2.24, 2.45) is 0 Å². The zero-order chi connectivity index (χ0) is 20.8. The van der Waals surface area contributed by atoms with Crippen molar-refractivity contribution in [3.05, 3.63) is 62.8 Å². The average Bonchev–Trinajstić information content (AvgIpc) is 3.18. The fraction of sp³-hybridized carbons (Fsp3) is 0.542. The van der Waals surface area contributed by atoms with Gasteiger partial charge in [-0.3, -0.25) is 9.59 Å². The lowest BCUT2D eigenvalue weighted by Crippen LogP contribution is -2.43. The maximum Gasteiger partial charge on any atom is 0.276 e. The summed E-state index contributed by atoms with van der Waals surface area (Å²) in [6, 6.07) is 9.01. The Bertz CT molecular complexity index is 982. The molecule has 5 heteroatoms. The Balaban J connectivity index is 1.78. The number of carbonyl (C=O) groups excluding carboxylic acids is 1. The summed E-state index contributed by atoms with van der Waals surface area (Å²) < 4.78 is 2.02. The molecule has 0 spiro atoms. The van der Waals surface area contributed by atoms with E-state index in [9.17, 15) is 9.59 Å². The summed E-state index contributed by atoms with van der Waals surface area (Å²) in [4.78, 5) is 31.5. The highest BCUT2D eigenvalue weighted by Crippen LogP contribution is 2.43. The van der Waals surface area contributed by atoms with Crippen LogP contribution in [-0.4, -0.2) is 34.0 Å². The Labute approximate surface area is 172 Å². The summed E-state index contributed by atoms with van der Waals surface area (Å²) in [5.74, 6) is 1.21. The zero-order valence-electron chi connectivity index (χ0n) is 18.0. The van der Waals surface area contributed by atoms with E-state index in [2.05, 4.69) is 43.1 Å². The number of hydrogen-bond donors (Lipinski definition) is 0. The predicted octanol–water partition coefficient (Wildman–Crippen LogP) is 3.82. The van der Waals surface area contributed by atoms with E-state index in [1.807, 2.05) is 4.57 Å². The van der Waals surface area contributed by atoms with Gasteiger partial charge in [-0.25, -0.2) is 0 Å². The molecule has 5 nitrogen and oxygen atoms in total. The van der Waals surface area contributed by atoms with Crippen LogP contribution in [0, 0.1) is 6.92 Å². The SMILES string of the molecule is Cc1c2n(c(CC3(c4ccc(C(C)C)cc4)CCCC3)nc1=O)CCN(C)C2=O. The largest absolute Gasteiger partial charge is 0.339 e. The maximum atomic E-state index is 12.8. The van der Waals surface area contributed by atoms with Crippen molar-refractivity contribution in [3.63, 3.8) is 0 Å². The molecule has 1 aliphatic heterocycles. The van der Waals surface area contributed by atoms with Gasteiger partial charge < -0.3 is 9.47 Å². The zero-order valence-corrected chi connectivity index (χ0v) is 18.0. The van der Waals surface area contributed by atoms with Gasteiger partial charge >= 0.3 is 0 Å². The van der Waals surface area contributed by atoms with Crippen molar-refractivity contribution >= 4 is 5.91 Å². The second kappa shape index (κ2) is 7.43. The first-order chi connectivity index (χ1) is 13.8. The van der Waals surface area contributed by atoms with Crippen molar-refractivity contribution in [2.75, 3.05) is 13.6 Å². The van der Waals surface area contributed by atoms with E-state index < -0.39 is 0 Å². The van der Waals surface area contributed by atoms with E-state index >= 15 is 0 Å². The highest BCUT2D eigenvalue weighted by Gasteiger charge is 2.38. The molecule has 2 aliphatic rings. The van der Waals surface area contributed by atoms with Gasteiger partial charge in [0.15, 0.2) is 0 Å². The summed E-state index contributed by atoms with van der Waals surface area (Å²) in [5, 5.41) is 0. The highest BCUT2D eigenvalue weighted by molar-refractivity contribution is 5.94. The number of aromatic nitrogens is 2. The van der Waals surface area contributed by atoms with E-state index in [0.717, 1.165) is 18.7 Å². The van der Waals surface area contributed by atoms with Gasteiger partial charge in [0.2, 0.25) is 0 Å². The molecule has 2 heterocycles. The standard InChI is InChI=1S/C24H31N3O2/c1-16(2)18-7-9-19(10-8-18)24(11-5-6-12-24)15-20-25-22(28)17(3)21-23(29)26(4)13-14-27(20)21/h7-10,16H,5-6,11-15H2,1-4H3. The van der Waals surface area contributed by atoms with Crippen LogP contribution < -0.4 is 5.56 Å². The Morgan fingerprint density at radius 2 is 1.72 bits per heavy atom. The molecule has 4 rings (SSSR count). The lowest BCUT2D eigenvalue weighted by atomic mass is 9.75. The molecule has 29 heavy (non-hydrogen) atoms. The molecule has 0 bridgehead atoms. The quantitative estimate of drug-likeness (QED) is 0.794. The molecule has 1 aromatic heterocycles. The Morgan fingerprint density at radius 3 is 2.34 bits per heavy atom. The number of nitrogens with zero attached hydrogens (tertiary/aromatic N) is 3. The summed E-state index contributed by atoms with van der Waals surface area (Å²) in [7, 11) is 1.80. The van der Waals surface area contributed by atoms with E-state index in [-0.39, 0.29) is 16.9 Å². The van der Waals surface area contributed by atoms with Gasteiger partial charge in [-0.05, 0) is 36.8 Å². The molecule has 1 fully saturated rings. The number of hydrogen-bond acceptors (Lipinski definition) is 3. The number of likely N-dealkylation sites (N-methyl/N-ethyl adjacent to an activating group) is 1. The molecule has 1 aliphatic carbocycles. The minimum Gasteiger partial charge on any atom is -0.339 e. The third kappa shape index (κ3) is 3.41. The molecule has 0 saturated heterocycles. The van der Waals surface area contributed by atoms with Gasteiger partial charge in [0.25, 0.3) is 11.5 Å². The normalized spacial score (nSPS) is 18.4. The van der Waals surface area contributed by atoms with Crippen molar-refractivity contribution in [3.8, 4) is 0 Å². The van der Waals surface area contributed by atoms with E-state index in [1.165, 1.54) is 24.0 Å². The van der Waals surface area contributed by atoms with Crippen LogP contribution in [-0.2, 0) is 18.4 Å². The maximum absolute atomic E-state index is 12.8. The van der Waals surface area contributed by atoms with Gasteiger partial charge in [0.1, 0.15) is 11.5 Å². The summed E-state index contributed by atoms with van der Waals surface area (Å²) in [5.41, 5.74) is 3.40. The van der Waals surface area contributed by atoms with E-state index in [1.54, 1.807) is 18.9 Å². The lowest BCUT2D eigenvalue weighted by Gasteiger charge is -2.34. The van der Waals surface area contributed by atoms with Crippen LogP contribution in [0.2, 0.25) is 0 Å². The molecule has 1 aromatic carbocycles. The fourth-order valence-corrected chi connectivity index (χ4v) is 5.02. The van der Waals surface area contributed by atoms with Crippen molar-refractivity contribution in [2.45, 2.75) is 70.8 Å². The van der Waals surface area contributed by atoms with Gasteiger partial charge in [0, 0.05) is 37.5 Å². The molecule has 1 amide bonds. The molecule has 1 saturated carbocycles. The van der Waals surface area contributed by atoms with Crippen LogP contribution in [0.5, 0.6) is 0 Å². The molecular weight excluding hydrogens is 362 g/mol. The van der Waals surface area contributed by atoms with Crippen LogP contribution in [0.1, 0.15) is 78.5 Å².